The van der Waals surface area contributed by atoms with E-state index in [4.69, 9.17) is 5.73 Å². The smallest absolute Gasteiger partial charge is 0.0542 e. The van der Waals surface area contributed by atoms with Crippen molar-refractivity contribution in [2.45, 2.75) is 38.5 Å². The number of hydrogen-bond donors (Lipinski definition) is 2. The van der Waals surface area contributed by atoms with Crippen LogP contribution in [0, 0.1) is 0 Å². The highest BCUT2D eigenvalue weighted by Crippen LogP contribution is 2.52. The Labute approximate surface area is 492 Å². The standard InChI is InChI=1S/C38H29N3.C20H16BrN.C18H14N2/c1-38(2)34-21-25(26-9-8-20-39-24-26)14-17-30(34)31-18-15-28(23-35(31)38)40-27-16-19-37-33(22-27)32-12-6-7-13-36(32)41(37)29-10-4-3-5-11-29;1-20(2)18-10-13(14-4-3-9-22-12-14)5-7-16(18)17-8-6-15(21)11-19(17)20;19-13-10-11-18-16(12-13)15-8-4-5-9-17(15)20(18)14-6-2-1-3-7-14/h3-24,40H,1-2H3;3-12H,1-2H3;1-12H,19H2. The van der Waals surface area contributed by atoms with Crippen LogP contribution in [-0.4, -0.2) is 19.1 Å². The van der Waals surface area contributed by atoms with Crippen molar-refractivity contribution in [3.63, 3.8) is 0 Å². The first kappa shape index (κ1) is 51.3. The van der Waals surface area contributed by atoms with E-state index in [1.54, 1.807) is 0 Å². The van der Waals surface area contributed by atoms with E-state index in [2.05, 4.69) is 286 Å². The molecule has 0 saturated carbocycles. The van der Waals surface area contributed by atoms with Gasteiger partial charge in [-0.2, -0.15) is 0 Å². The number of anilines is 3. The lowest BCUT2D eigenvalue weighted by molar-refractivity contribution is 0.660. The molecule has 0 amide bonds. The van der Waals surface area contributed by atoms with E-state index in [-0.39, 0.29) is 10.8 Å². The van der Waals surface area contributed by atoms with Crippen molar-refractivity contribution in [2.24, 2.45) is 0 Å². The van der Waals surface area contributed by atoms with E-state index in [1.165, 1.54) is 116 Å². The lowest BCUT2D eigenvalue weighted by Crippen LogP contribution is -2.15. The van der Waals surface area contributed by atoms with Gasteiger partial charge in [-0.25, -0.2) is 0 Å². The molecule has 4 heterocycles. The maximum Gasteiger partial charge on any atom is 0.0542 e. The van der Waals surface area contributed by atoms with Crippen molar-refractivity contribution in [1.29, 1.82) is 0 Å². The fraction of sp³-hybridized carbons (Fsp3) is 0.0789. The molecule has 0 saturated heterocycles. The minimum absolute atomic E-state index is 0.0205. The second-order valence-electron chi connectivity index (χ2n) is 22.7. The number of pyridine rings is 2. The number of nitrogens with one attached hydrogen (secondary N) is 1. The number of hydrogen-bond acceptors (Lipinski definition) is 4. The van der Waals surface area contributed by atoms with Crippen molar-refractivity contribution >= 4 is 76.6 Å². The molecule has 400 valence electrons. The van der Waals surface area contributed by atoms with Gasteiger partial charge in [0, 0.05) is 90.1 Å². The van der Waals surface area contributed by atoms with Gasteiger partial charge in [0.15, 0.2) is 0 Å². The molecule has 2 aliphatic carbocycles. The minimum atomic E-state index is -0.104. The number of rotatable bonds is 6. The Bertz CT molecular complexity index is 4770. The monoisotopic (exact) mass is 1130 g/mol. The first-order valence-electron chi connectivity index (χ1n) is 28.2. The third kappa shape index (κ3) is 9.05. The van der Waals surface area contributed by atoms with Gasteiger partial charge >= 0.3 is 0 Å². The van der Waals surface area contributed by atoms with Gasteiger partial charge in [-0.1, -0.05) is 165 Å². The van der Waals surface area contributed by atoms with Gasteiger partial charge in [-0.3, -0.25) is 9.97 Å². The molecule has 14 aromatic rings. The van der Waals surface area contributed by atoms with Crippen LogP contribution < -0.4 is 11.1 Å². The summed E-state index contributed by atoms with van der Waals surface area (Å²) in [6, 6.07) is 86.1. The molecule has 0 unspecified atom stereocenters. The normalized spacial score (nSPS) is 13.1. The summed E-state index contributed by atoms with van der Waals surface area (Å²) in [5.41, 5.74) is 31.6. The van der Waals surface area contributed by atoms with Gasteiger partial charge in [0.25, 0.3) is 0 Å². The Morgan fingerprint density at radius 2 is 0.783 bits per heavy atom. The fourth-order valence-corrected chi connectivity index (χ4v) is 13.2. The molecule has 0 fully saturated rings. The van der Waals surface area contributed by atoms with Crippen molar-refractivity contribution in [1.82, 2.24) is 19.1 Å². The topological polar surface area (TPSA) is 73.7 Å². The van der Waals surface area contributed by atoms with Crippen LogP contribution in [0.15, 0.2) is 272 Å². The van der Waals surface area contributed by atoms with Crippen molar-refractivity contribution in [3.05, 3.63) is 294 Å². The maximum absolute atomic E-state index is 5.95. The fourth-order valence-electron chi connectivity index (χ4n) is 12.9. The van der Waals surface area contributed by atoms with E-state index >= 15 is 0 Å². The van der Waals surface area contributed by atoms with Crippen molar-refractivity contribution in [3.8, 4) is 55.9 Å². The molecule has 0 spiro atoms. The summed E-state index contributed by atoms with van der Waals surface area (Å²) in [5.74, 6) is 0. The molecule has 16 rings (SSSR count). The summed E-state index contributed by atoms with van der Waals surface area (Å²) >= 11 is 3.60. The summed E-state index contributed by atoms with van der Waals surface area (Å²) < 4.78 is 5.77. The molecule has 4 aromatic heterocycles. The number of nitrogen functional groups attached to an aromatic ring is 1. The second-order valence-corrected chi connectivity index (χ2v) is 23.6. The highest BCUT2D eigenvalue weighted by atomic mass is 79.9. The molecule has 10 aromatic carbocycles. The van der Waals surface area contributed by atoms with Crippen LogP contribution in [0.25, 0.3) is 99.5 Å². The summed E-state index contributed by atoms with van der Waals surface area (Å²) in [4.78, 5) is 8.56. The van der Waals surface area contributed by atoms with E-state index in [1.807, 2.05) is 49.1 Å². The molecule has 0 bridgehead atoms. The lowest BCUT2D eigenvalue weighted by atomic mass is 9.81. The van der Waals surface area contributed by atoms with Crippen LogP contribution in [0.4, 0.5) is 17.1 Å². The second kappa shape index (κ2) is 20.6. The lowest BCUT2D eigenvalue weighted by Gasteiger charge is -2.22. The number of fused-ring (bicyclic) bond motifs is 12. The predicted molar refractivity (Wildman–Crippen MR) is 351 cm³/mol. The summed E-state index contributed by atoms with van der Waals surface area (Å²) in [7, 11) is 0. The SMILES string of the molecule is CC1(C)c2cc(Br)ccc2-c2ccc(-c3cccnc3)cc21.CC1(C)c2cc(Nc3ccc4c(c3)c3ccccc3n4-c3ccccc3)ccc2-c2ccc(-c3cccnc3)cc21.Nc1ccc2c(c1)c1ccccc1n2-c1ccccc1. The van der Waals surface area contributed by atoms with Crippen LogP contribution >= 0.6 is 15.9 Å². The van der Waals surface area contributed by atoms with Gasteiger partial charge in [0.2, 0.25) is 0 Å². The molecule has 0 atom stereocenters. The van der Waals surface area contributed by atoms with Crippen LogP contribution in [-0.2, 0) is 10.8 Å². The third-order valence-corrected chi connectivity index (χ3v) is 17.5. The van der Waals surface area contributed by atoms with Crippen LogP contribution in [0.3, 0.4) is 0 Å². The van der Waals surface area contributed by atoms with E-state index < -0.39 is 0 Å². The molecule has 6 nitrogen and oxygen atoms in total. The third-order valence-electron chi connectivity index (χ3n) is 17.0. The predicted octanol–water partition coefficient (Wildman–Crippen LogP) is 20.1. The largest absolute Gasteiger partial charge is 0.399 e. The van der Waals surface area contributed by atoms with Gasteiger partial charge in [0.1, 0.15) is 0 Å². The minimum Gasteiger partial charge on any atom is -0.399 e. The number of nitrogens with zero attached hydrogens (tertiary/aromatic N) is 4. The zero-order chi connectivity index (χ0) is 56.4. The zero-order valence-electron chi connectivity index (χ0n) is 46.6. The van der Waals surface area contributed by atoms with Crippen molar-refractivity contribution in [2.75, 3.05) is 11.1 Å². The number of nitrogens with two attached hydrogens (primary N) is 1. The van der Waals surface area contributed by atoms with Gasteiger partial charge in [-0.05, 0) is 188 Å². The first-order chi connectivity index (χ1) is 40.5. The summed E-state index contributed by atoms with van der Waals surface area (Å²) in [6.45, 7) is 9.27. The highest BCUT2D eigenvalue weighted by Gasteiger charge is 2.37. The van der Waals surface area contributed by atoms with Gasteiger partial charge in [-0.15, -0.1) is 0 Å². The summed E-state index contributed by atoms with van der Waals surface area (Å²) in [5, 5.41) is 8.65. The molecular weight excluding hydrogens is 1080 g/mol. The van der Waals surface area contributed by atoms with Gasteiger partial charge < -0.3 is 20.2 Å². The first-order valence-corrected chi connectivity index (χ1v) is 29.0. The Hall–Kier alpha value is -9.82. The molecule has 2 aliphatic rings. The molecule has 7 heteroatoms. The molecule has 0 aliphatic heterocycles. The van der Waals surface area contributed by atoms with Gasteiger partial charge in [0.05, 0.1) is 22.1 Å². The molecule has 0 radical (unpaired) electrons. The molecule has 83 heavy (non-hydrogen) atoms. The Morgan fingerprint density at radius 1 is 0.361 bits per heavy atom. The summed E-state index contributed by atoms with van der Waals surface area (Å²) in [6.07, 6.45) is 7.50. The van der Waals surface area contributed by atoms with E-state index in [0.29, 0.717) is 0 Å². The number of benzene rings is 10. The molecule has 3 N–H and O–H groups in total. The van der Waals surface area contributed by atoms with E-state index in [9.17, 15) is 0 Å². The zero-order valence-corrected chi connectivity index (χ0v) is 48.2. The van der Waals surface area contributed by atoms with E-state index in [0.717, 1.165) is 27.1 Å². The number of para-hydroxylation sites is 4. The average molecular weight is 1140 g/mol. The highest BCUT2D eigenvalue weighted by molar-refractivity contribution is 9.10. The van der Waals surface area contributed by atoms with Crippen molar-refractivity contribution < 1.29 is 0 Å². The Kier molecular flexibility index (Phi) is 12.8. The van der Waals surface area contributed by atoms with Crippen LogP contribution in [0.5, 0.6) is 0 Å². The molecular formula is C76H59BrN6. The van der Waals surface area contributed by atoms with Crippen LogP contribution in [0.2, 0.25) is 0 Å². The quantitative estimate of drug-likeness (QED) is 0.163. The number of aromatic nitrogens is 4. The Morgan fingerprint density at radius 3 is 1.31 bits per heavy atom. The average Bonchev–Trinajstić information content (AvgIpc) is 2.66. The van der Waals surface area contributed by atoms with Crippen LogP contribution in [0.1, 0.15) is 49.9 Å². The number of halogens is 1. The maximum atomic E-state index is 5.95. The Balaban J connectivity index is 0.000000123.